The molecular weight excluding hydrogens is 316 g/mol. The van der Waals surface area contributed by atoms with Crippen LogP contribution in [-0.2, 0) is 4.79 Å². The molecule has 0 bridgehead atoms. The Kier molecular flexibility index (Phi) is 5.61. The van der Waals surface area contributed by atoms with Gasteiger partial charge in [-0.15, -0.1) is 0 Å². The van der Waals surface area contributed by atoms with Crippen molar-refractivity contribution in [3.05, 3.63) is 28.7 Å². The van der Waals surface area contributed by atoms with Crippen molar-refractivity contribution in [3.63, 3.8) is 0 Å². The highest BCUT2D eigenvalue weighted by molar-refractivity contribution is 9.10. The number of carbonyl (C=O) groups is 1. The van der Waals surface area contributed by atoms with Crippen molar-refractivity contribution >= 4 is 27.5 Å². The van der Waals surface area contributed by atoms with E-state index in [9.17, 15) is 4.79 Å². The van der Waals surface area contributed by atoms with Crippen LogP contribution in [0.15, 0.2) is 28.7 Å². The zero-order chi connectivity index (χ0) is 14.5. The number of carbonyl (C=O) groups excluding carboxylic acids is 1. The van der Waals surface area contributed by atoms with Gasteiger partial charge in [-0.2, -0.15) is 0 Å². The summed E-state index contributed by atoms with van der Waals surface area (Å²) in [4.78, 5) is 11.9. The molecule has 110 valence electrons. The van der Waals surface area contributed by atoms with Gasteiger partial charge in [-0.25, -0.2) is 0 Å². The Bertz CT molecular complexity index is 464. The lowest BCUT2D eigenvalue weighted by Crippen LogP contribution is -2.42. The molecule has 1 aliphatic carbocycles. The number of hydrogen-bond donors (Lipinski definition) is 2. The molecule has 3 unspecified atom stereocenters. The molecule has 0 aromatic heterocycles. The second-order valence-corrected chi connectivity index (χ2v) is 6.86. The Morgan fingerprint density at radius 2 is 2.15 bits per heavy atom. The van der Waals surface area contributed by atoms with Crippen molar-refractivity contribution in [2.75, 3.05) is 11.9 Å². The van der Waals surface area contributed by atoms with E-state index in [2.05, 4.69) is 40.4 Å². The highest BCUT2D eigenvalue weighted by Crippen LogP contribution is 2.28. The largest absolute Gasteiger partial charge is 0.325 e. The van der Waals surface area contributed by atoms with Crippen LogP contribution in [0, 0.1) is 11.8 Å². The maximum absolute atomic E-state index is 11.9. The lowest BCUT2D eigenvalue weighted by molar-refractivity contribution is -0.115. The number of rotatable bonds is 4. The molecule has 1 saturated carbocycles. The predicted molar refractivity (Wildman–Crippen MR) is 86.7 cm³/mol. The van der Waals surface area contributed by atoms with Crippen molar-refractivity contribution < 1.29 is 4.79 Å². The predicted octanol–water partition coefficient (Wildman–Crippen LogP) is 3.80. The topological polar surface area (TPSA) is 41.1 Å². The molecular formula is C16H23BrN2O. The van der Waals surface area contributed by atoms with Crippen LogP contribution in [0.25, 0.3) is 0 Å². The van der Waals surface area contributed by atoms with Gasteiger partial charge in [0.25, 0.3) is 0 Å². The average molecular weight is 339 g/mol. The molecule has 0 spiro atoms. The maximum atomic E-state index is 11.9. The van der Waals surface area contributed by atoms with E-state index in [1.807, 2.05) is 24.3 Å². The molecule has 1 aliphatic rings. The smallest absolute Gasteiger partial charge is 0.238 e. The van der Waals surface area contributed by atoms with E-state index < -0.39 is 0 Å². The van der Waals surface area contributed by atoms with Gasteiger partial charge in [0.1, 0.15) is 0 Å². The molecule has 0 heterocycles. The van der Waals surface area contributed by atoms with Crippen LogP contribution in [0.3, 0.4) is 0 Å². The van der Waals surface area contributed by atoms with E-state index >= 15 is 0 Å². The van der Waals surface area contributed by atoms with Crippen LogP contribution in [0.1, 0.15) is 33.1 Å². The average Bonchev–Trinajstić information content (AvgIpc) is 2.37. The van der Waals surface area contributed by atoms with E-state index in [1.165, 1.54) is 19.3 Å². The standard InChI is InChI=1S/C16H23BrN2O/c1-11-6-7-15(12(2)8-11)18-10-16(20)19-14-5-3-4-13(17)9-14/h3-5,9,11-12,15,18H,6-8,10H2,1-2H3,(H,19,20). The lowest BCUT2D eigenvalue weighted by atomic mass is 9.80. The number of nitrogens with one attached hydrogen (secondary N) is 2. The number of anilines is 1. The van der Waals surface area contributed by atoms with Crippen molar-refractivity contribution in [3.8, 4) is 0 Å². The Labute approximate surface area is 129 Å². The SMILES string of the molecule is CC1CCC(NCC(=O)Nc2cccc(Br)c2)C(C)C1. The summed E-state index contributed by atoms with van der Waals surface area (Å²) >= 11 is 3.40. The van der Waals surface area contributed by atoms with Gasteiger partial charge in [0.05, 0.1) is 6.54 Å². The minimum Gasteiger partial charge on any atom is -0.325 e. The fourth-order valence-corrected chi connectivity index (χ4v) is 3.36. The van der Waals surface area contributed by atoms with Crippen molar-refractivity contribution in [1.82, 2.24) is 5.32 Å². The summed E-state index contributed by atoms with van der Waals surface area (Å²) in [6.45, 7) is 4.97. The molecule has 1 amide bonds. The molecule has 2 rings (SSSR count). The van der Waals surface area contributed by atoms with E-state index in [-0.39, 0.29) is 5.91 Å². The minimum absolute atomic E-state index is 0.0221. The van der Waals surface area contributed by atoms with Gasteiger partial charge in [0.2, 0.25) is 5.91 Å². The highest BCUT2D eigenvalue weighted by Gasteiger charge is 2.25. The van der Waals surface area contributed by atoms with Crippen LogP contribution in [0.2, 0.25) is 0 Å². The molecule has 4 heteroatoms. The molecule has 1 fully saturated rings. The summed E-state index contributed by atoms with van der Waals surface area (Å²) in [7, 11) is 0. The van der Waals surface area contributed by atoms with Crippen LogP contribution in [0.4, 0.5) is 5.69 Å². The summed E-state index contributed by atoms with van der Waals surface area (Å²) in [5, 5.41) is 6.32. The van der Waals surface area contributed by atoms with E-state index in [4.69, 9.17) is 0 Å². The molecule has 2 N–H and O–H groups in total. The van der Waals surface area contributed by atoms with Crippen molar-refractivity contribution in [1.29, 1.82) is 0 Å². The van der Waals surface area contributed by atoms with E-state index in [0.29, 0.717) is 18.5 Å². The Balaban J connectivity index is 1.78. The van der Waals surface area contributed by atoms with Crippen molar-refractivity contribution in [2.24, 2.45) is 11.8 Å². The van der Waals surface area contributed by atoms with Gasteiger partial charge >= 0.3 is 0 Å². The zero-order valence-corrected chi connectivity index (χ0v) is 13.7. The Hall–Kier alpha value is -0.870. The molecule has 1 aromatic rings. The Morgan fingerprint density at radius 1 is 1.35 bits per heavy atom. The quantitative estimate of drug-likeness (QED) is 0.876. The molecule has 3 nitrogen and oxygen atoms in total. The first-order chi connectivity index (χ1) is 9.54. The number of amides is 1. The minimum atomic E-state index is 0.0221. The summed E-state index contributed by atoms with van der Waals surface area (Å²) in [6.07, 6.45) is 3.69. The molecule has 1 aromatic carbocycles. The number of hydrogen-bond acceptors (Lipinski definition) is 2. The van der Waals surface area contributed by atoms with Crippen LogP contribution in [0.5, 0.6) is 0 Å². The van der Waals surface area contributed by atoms with Gasteiger partial charge in [-0.1, -0.05) is 35.8 Å². The lowest BCUT2D eigenvalue weighted by Gasteiger charge is -2.33. The summed E-state index contributed by atoms with van der Waals surface area (Å²) in [5.74, 6) is 1.49. The highest BCUT2D eigenvalue weighted by atomic mass is 79.9. The molecule has 3 atom stereocenters. The Morgan fingerprint density at radius 3 is 2.85 bits per heavy atom. The van der Waals surface area contributed by atoms with Gasteiger partial charge in [0.15, 0.2) is 0 Å². The summed E-state index contributed by atoms with van der Waals surface area (Å²) < 4.78 is 0.971. The maximum Gasteiger partial charge on any atom is 0.238 e. The van der Waals surface area contributed by atoms with Gasteiger partial charge in [0, 0.05) is 16.2 Å². The third kappa shape index (κ3) is 4.60. The number of benzene rings is 1. The third-order valence-corrected chi connectivity index (χ3v) is 4.56. The first kappa shape index (κ1) is 15.5. The zero-order valence-electron chi connectivity index (χ0n) is 12.2. The summed E-state index contributed by atoms with van der Waals surface area (Å²) in [5.41, 5.74) is 0.830. The van der Waals surface area contributed by atoms with Gasteiger partial charge in [-0.05, 0) is 49.3 Å². The van der Waals surface area contributed by atoms with Crippen LogP contribution < -0.4 is 10.6 Å². The van der Waals surface area contributed by atoms with Crippen molar-refractivity contribution in [2.45, 2.75) is 39.2 Å². The molecule has 0 radical (unpaired) electrons. The molecule has 0 saturated heterocycles. The summed E-state index contributed by atoms with van der Waals surface area (Å²) in [6, 6.07) is 8.13. The second kappa shape index (κ2) is 7.23. The monoisotopic (exact) mass is 338 g/mol. The molecule has 0 aliphatic heterocycles. The first-order valence-electron chi connectivity index (χ1n) is 7.33. The third-order valence-electron chi connectivity index (χ3n) is 4.06. The van der Waals surface area contributed by atoms with Crippen LogP contribution in [-0.4, -0.2) is 18.5 Å². The van der Waals surface area contributed by atoms with E-state index in [1.54, 1.807) is 0 Å². The van der Waals surface area contributed by atoms with Gasteiger partial charge < -0.3 is 10.6 Å². The fraction of sp³-hybridized carbons (Fsp3) is 0.562. The second-order valence-electron chi connectivity index (χ2n) is 5.94. The normalized spacial score (nSPS) is 26.2. The number of halogens is 1. The van der Waals surface area contributed by atoms with Gasteiger partial charge in [-0.3, -0.25) is 4.79 Å². The van der Waals surface area contributed by atoms with E-state index in [0.717, 1.165) is 16.1 Å². The molecule has 20 heavy (non-hydrogen) atoms. The fourth-order valence-electron chi connectivity index (χ4n) is 2.96. The first-order valence-corrected chi connectivity index (χ1v) is 8.12. The van der Waals surface area contributed by atoms with Crippen LogP contribution >= 0.6 is 15.9 Å².